The molecule has 0 aliphatic carbocycles. The number of unbranched alkanes of at least 4 members (excludes halogenated alkanes) is 7. The standard InChI is InChI=1S/C17H35NO3/c1-3-5-6-7-8-9-10-11-13-16(12-4-2)17(21)18(14-19)15-20/h16,19-20H,3-15H2,1-2H3. The van der Waals surface area contributed by atoms with Crippen LogP contribution in [0.2, 0.25) is 0 Å². The summed E-state index contributed by atoms with van der Waals surface area (Å²) < 4.78 is 0. The molecule has 0 aromatic carbocycles. The first kappa shape index (κ1) is 20.4. The molecule has 1 amide bonds. The quantitative estimate of drug-likeness (QED) is 0.380. The van der Waals surface area contributed by atoms with E-state index in [2.05, 4.69) is 13.8 Å². The second-order valence-corrected chi connectivity index (χ2v) is 5.91. The minimum Gasteiger partial charge on any atom is -0.376 e. The van der Waals surface area contributed by atoms with E-state index in [0.29, 0.717) is 0 Å². The number of amides is 1. The van der Waals surface area contributed by atoms with Crippen LogP contribution < -0.4 is 0 Å². The van der Waals surface area contributed by atoms with Crippen LogP contribution in [0.15, 0.2) is 0 Å². The largest absolute Gasteiger partial charge is 0.376 e. The second kappa shape index (κ2) is 14.3. The molecule has 0 bridgehead atoms. The molecule has 21 heavy (non-hydrogen) atoms. The lowest BCUT2D eigenvalue weighted by Crippen LogP contribution is -2.37. The molecule has 0 aromatic heterocycles. The van der Waals surface area contributed by atoms with E-state index in [-0.39, 0.29) is 11.8 Å². The van der Waals surface area contributed by atoms with Crippen molar-refractivity contribution in [2.75, 3.05) is 13.5 Å². The Labute approximate surface area is 130 Å². The Bertz CT molecular complexity index is 242. The third kappa shape index (κ3) is 9.86. The van der Waals surface area contributed by atoms with Crippen LogP contribution in [0.1, 0.15) is 84.5 Å². The number of carbonyl (C=O) groups is 1. The maximum atomic E-state index is 12.1. The number of hydrogen-bond donors (Lipinski definition) is 2. The monoisotopic (exact) mass is 301 g/mol. The molecule has 0 rings (SSSR count). The van der Waals surface area contributed by atoms with E-state index in [4.69, 9.17) is 10.2 Å². The Morgan fingerprint density at radius 2 is 1.33 bits per heavy atom. The molecule has 0 saturated carbocycles. The van der Waals surface area contributed by atoms with Crippen LogP contribution in [-0.2, 0) is 4.79 Å². The van der Waals surface area contributed by atoms with E-state index in [1.54, 1.807) is 0 Å². The summed E-state index contributed by atoms with van der Waals surface area (Å²) in [6.45, 7) is 3.50. The molecule has 1 atom stereocenters. The van der Waals surface area contributed by atoms with Crippen molar-refractivity contribution in [1.82, 2.24) is 4.90 Å². The number of carbonyl (C=O) groups excluding carboxylic acids is 1. The van der Waals surface area contributed by atoms with Gasteiger partial charge < -0.3 is 10.2 Å². The van der Waals surface area contributed by atoms with Crippen LogP contribution in [0.3, 0.4) is 0 Å². The van der Waals surface area contributed by atoms with Gasteiger partial charge in [-0.1, -0.05) is 71.6 Å². The number of nitrogens with zero attached hydrogens (tertiary/aromatic N) is 1. The van der Waals surface area contributed by atoms with Gasteiger partial charge in [0.25, 0.3) is 0 Å². The van der Waals surface area contributed by atoms with Crippen LogP contribution in [0.25, 0.3) is 0 Å². The predicted molar refractivity (Wildman–Crippen MR) is 86.6 cm³/mol. The van der Waals surface area contributed by atoms with Gasteiger partial charge in [0, 0.05) is 5.92 Å². The van der Waals surface area contributed by atoms with Crippen LogP contribution in [0.4, 0.5) is 0 Å². The van der Waals surface area contributed by atoms with Gasteiger partial charge in [0.15, 0.2) is 0 Å². The van der Waals surface area contributed by atoms with Crippen LogP contribution in [-0.4, -0.2) is 34.5 Å². The van der Waals surface area contributed by atoms with E-state index in [1.165, 1.54) is 44.9 Å². The summed E-state index contributed by atoms with van der Waals surface area (Å²) in [6.07, 6.45) is 12.8. The zero-order chi connectivity index (χ0) is 15.9. The van der Waals surface area contributed by atoms with Gasteiger partial charge in [-0.05, 0) is 12.8 Å². The van der Waals surface area contributed by atoms with Gasteiger partial charge in [0.1, 0.15) is 13.5 Å². The molecule has 0 radical (unpaired) electrons. The van der Waals surface area contributed by atoms with Crippen LogP contribution in [0, 0.1) is 5.92 Å². The molecule has 126 valence electrons. The minimum absolute atomic E-state index is 0.0469. The van der Waals surface area contributed by atoms with Crippen molar-refractivity contribution in [2.45, 2.75) is 84.5 Å². The molecule has 0 aliphatic heterocycles. The lowest BCUT2D eigenvalue weighted by molar-refractivity contribution is -0.144. The topological polar surface area (TPSA) is 60.8 Å². The SMILES string of the molecule is CCCCCCCCCCC(CCC)C(=O)N(CO)CO. The highest BCUT2D eigenvalue weighted by molar-refractivity contribution is 5.78. The molecule has 0 aliphatic rings. The Kier molecular flexibility index (Phi) is 13.9. The number of aliphatic hydroxyl groups excluding tert-OH is 2. The molecule has 4 nitrogen and oxygen atoms in total. The molecule has 4 heteroatoms. The maximum Gasteiger partial charge on any atom is 0.229 e. The average Bonchev–Trinajstić information content (AvgIpc) is 2.50. The van der Waals surface area contributed by atoms with Crippen molar-refractivity contribution in [1.29, 1.82) is 0 Å². The Morgan fingerprint density at radius 1 is 0.810 bits per heavy atom. The van der Waals surface area contributed by atoms with E-state index in [0.717, 1.165) is 30.6 Å². The highest BCUT2D eigenvalue weighted by Crippen LogP contribution is 2.19. The number of aliphatic hydroxyl groups is 2. The van der Waals surface area contributed by atoms with Gasteiger partial charge in [-0.25, -0.2) is 0 Å². The smallest absolute Gasteiger partial charge is 0.229 e. The molecule has 0 aromatic rings. The third-order valence-electron chi connectivity index (χ3n) is 4.05. The maximum absolute atomic E-state index is 12.1. The first-order valence-electron chi connectivity index (χ1n) is 8.71. The molecular weight excluding hydrogens is 266 g/mol. The zero-order valence-corrected chi connectivity index (χ0v) is 14.0. The van der Waals surface area contributed by atoms with Crippen molar-refractivity contribution in [3.05, 3.63) is 0 Å². The lowest BCUT2D eigenvalue weighted by atomic mass is 9.94. The first-order chi connectivity index (χ1) is 10.2. The molecule has 0 saturated heterocycles. The van der Waals surface area contributed by atoms with Crippen molar-refractivity contribution in [3.8, 4) is 0 Å². The molecule has 0 fully saturated rings. The van der Waals surface area contributed by atoms with Gasteiger partial charge in [-0.15, -0.1) is 0 Å². The third-order valence-corrected chi connectivity index (χ3v) is 4.05. The Morgan fingerprint density at radius 3 is 1.81 bits per heavy atom. The summed E-state index contributed by atoms with van der Waals surface area (Å²) in [7, 11) is 0. The highest BCUT2D eigenvalue weighted by Gasteiger charge is 2.22. The molecule has 2 N–H and O–H groups in total. The van der Waals surface area contributed by atoms with Crippen molar-refractivity contribution in [3.63, 3.8) is 0 Å². The van der Waals surface area contributed by atoms with E-state index < -0.39 is 13.5 Å². The molecule has 0 spiro atoms. The lowest BCUT2D eigenvalue weighted by Gasteiger charge is -2.23. The first-order valence-corrected chi connectivity index (χ1v) is 8.71. The molecular formula is C17H35NO3. The molecule has 0 heterocycles. The van der Waals surface area contributed by atoms with Gasteiger partial charge in [0.2, 0.25) is 5.91 Å². The summed E-state index contributed by atoms with van der Waals surface area (Å²) in [5, 5.41) is 18.1. The van der Waals surface area contributed by atoms with Crippen molar-refractivity contribution < 1.29 is 15.0 Å². The average molecular weight is 301 g/mol. The summed E-state index contributed by atoms with van der Waals surface area (Å²) in [5.41, 5.74) is 0. The minimum atomic E-state index is -0.396. The normalized spacial score (nSPS) is 12.4. The number of hydrogen-bond acceptors (Lipinski definition) is 3. The summed E-state index contributed by atoms with van der Waals surface area (Å²) in [4.78, 5) is 13.3. The van der Waals surface area contributed by atoms with Crippen LogP contribution in [0.5, 0.6) is 0 Å². The second-order valence-electron chi connectivity index (χ2n) is 5.91. The number of rotatable bonds is 14. The van der Waals surface area contributed by atoms with Gasteiger partial charge >= 0.3 is 0 Å². The van der Waals surface area contributed by atoms with E-state index in [1.807, 2.05) is 0 Å². The fraction of sp³-hybridized carbons (Fsp3) is 0.941. The Balaban J connectivity index is 3.86. The highest BCUT2D eigenvalue weighted by atomic mass is 16.3. The summed E-state index contributed by atoms with van der Waals surface area (Å²) in [5.74, 6) is -0.154. The zero-order valence-electron chi connectivity index (χ0n) is 14.0. The van der Waals surface area contributed by atoms with Crippen LogP contribution >= 0.6 is 0 Å². The van der Waals surface area contributed by atoms with Gasteiger partial charge in [-0.2, -0.15) is 0 Å². The van der Waals surface area contributed by atoms with Gasteiger partial charge in [-0.3, -0.25) is 9.69 Å². The van der Waals surface area contributed by atoms with Gasteiger partial charge in [0.05, 0.1) is 0 Å². The van der Waals surface area contributed by atoms with E-state index in [9.17, 15) is 4.79 Å². The van der Waals surface area contributed by atoms with Crippen molar-refractivity contribution >= 4 is 5.91 Å². The van der Waals surface area contributed by atoms with E-state index >= 15 is 0 Å². The summed E-state index contributed by atoms with van der Waals surface area (Å²) >= 11 is 0. The predicted octanol–water partition coefficient (Wildman–Crippen LogP) is 3.66. The summed E-state index contributed by atoms with van der Waals surface area (Å²) in [6, 6.07) is 0. The fourth-order valence-corrected chi connectivity index (χ4v) is 2.71. The fourth-order valence-electron chi connectivity index (χ4n) is 2.71. The van der Waals surface area contributed by atoms with Crippen molar-refractivity contribution in [2.24, 2.45) is 5.92 Å². The molecule has 1 unspecified atom stereocenters. The Hall–Kier alpha value is -0.610.